The number of halogens is 1. The second-order valence-electron chi connectivity index (χ2n) is 7.19. The minimum atomic E-state index is -0.479. The van der Waals surface area contributed by atoms with Gasteiger partial charge < -0.3 is 14.7 Å². The zero-order chi connectivity index (χ0) is 20.9. The van der Waals surface area contributed by atoms with Crippen molar-refractivity contribution in [3.05, 3.63) is 83.8 Å². The fraction of sp³-hybridized carbons (Fsp3) is 0.273. The summed E-state index contributed by atoms with van der Waals surface area (Å²) in [5.41, 5.74) is 1.43. The van der Waals surface area contributed by atoms with Crippen molar-refractivity contribution in [3.8, 4) is 0 Å². The second-order valence-corrected chi connectivity index (χ2v) is 7.19. The highest BCUT2D eigenvalue weighted by Crippen LogP contribution is 2.24. The lowest BCUT2D eigenvalue weighted by molar-refractivity contribution is -0.126. The maximum atomic E-state index is 13.4. The first-order chi connectivity index (χ1) is 14.6. The summed E-state index contributed by atoms with van der Waals surface area (Å²) in [6.07, 6.45) is 4.18. The summed E-state index contributed by atoms with van der Waals surface area (Å²) in [6.45, 7) is 0.921. The van der Waals surface area contributed by atoms with Crippen molar-refractivity contribution < 1.29 is 18.5 Å². The number of carbonyl (C=O) groups excluding carboxylic acids is 2. The Morgan fingerprint density at radius 1 is 1.07 bits per heavy atom. The molecule has 7 nitrogen and oxygen atoms in total. The molecular formula is C22H21FN4O3. The molecule has 3 aromatic rings. The molecule has 0 bridgehead atoms. The van der Waals surface area contributed by atoms with Gasteiger partial charge in [0.2, 0.25) is 11.7 Å². The van der Waals surface area contributed by atoms with Crippen molar-refractivity contribution in [2.45, 2.75) is 18.9 Å². The predicted molar refractivity (Wildman–Crippen MR) is 106 cm³/mol. The molecule has 1 unspecified atom stereocenters. The highest BCUT2D eigenvalue weighted by atomic mass is 19.1. The average Bonchev–Trinajstić information content (AvgIpc) is 3.33. The molecule has 0 aliphatic carbocycles. The number of amides is 2. The summed E-state index contributed by atoms with van der Waals surface area (Å²) >= 11 is 0. The Labute approximate surface area is 172 Å². The van der Waals surface area contributed by atoms with Gasteiger partial charge in [0, 0.05) is 31.3 Å². The molecule has 4 rings (SSSR count). The Balaban J connectivity index is 1.43. The Morgan fingerprint density at radius 2 is 1.83 bits per heavy atom. The van der Waals surface area contributed by atoms with Gasteiger partial charge in [0.1, 0.15) is 5.82 Å². The molecule has 2 amide bonds. The number of aromatic nitrogens is 2. The molecule has 1 atom stereocenters. The van der Waals surface area contributed by atoms with Crippen LogP contribution in [0.15, 0.2) is 65.4 Å². The van der Waals surface area contributed by atoms with Crippen LogP contribution in [0.2, 0.25) is 0 Å². The normalized spacial score (nSPS) is 15.6. The van der Waals surface area contributed by atoms with Crippen molar-refractivity contribution in [2.75, 3.05) is 13.1 Å². The number of hydrogen-bond donors (Lipinski definition) is 1. The topological polar surface area (TPSA) is 88.3 Å². The number of pyridine rings is 1. The maximum Gasteiger partial charge on any atom is 0.292 e. The monoisotopic (exact) mass is 408 g/mol. The quantitative estimate of drug-likeness (QED) is 0.701. The summed E-state index contributed by atoms with van der Waals surface area (Å²) in [7, 11) is 0. The number of rotatable bonds is 5. The van der Waals surface area contributed by atoms with Crippen LogP contribution < -0.4 is 5.32 Å². The van der Waals surface area contributed by atoms with Crippen LogP contribution >= 0.6 is 0 Å². The van der Waals surface area contributed by atoms with Gasteiger partial charge >= 0.3 is 0 Å². The van der Waals surface area contributed by atoms with Crippen molar-refractivity contribution in [3.63, 3.8) is 0 Å². The lowest BCUT2D eigenvalue weighted by atomic mass is 9.94. The van der Waals surface area contributed by atoms with E-state index in [0.29, 0.717) is 31.6 Å². The lowest BCUT2D eigenvalue weighted by Crippen LogP contribution is -2.43. The van der Waals surface area contributed by atoms with Crippen LogP contribution in [0.5, 0.6) is 0 Å². The Kier molecular flexibility index (Phi) is 5.83. The zero-order valence-corrected chi connectivity index (χ0v) is 16.2. The maximum absolute atomic E-state index is 13.4. The Morgan fingerprint density at radius 3 is 2.47 bits per heavy atom. The summed E-state index contributed by atoms with van der Waals surface area (Å²) in [5, 5.41) is 6.62. The van der Waals surface area contributed by atoms with E-state index in [1.807, 2.05) is 12.1 Å². The molecule has 1 saturated heterocycles. The molecule has 0 saturated carbocycles. The largest absolute Gasteiger partial charge is 0.351 e. The van der Waals surface area contributed by atoms with Crippen LogP contribution in [0.4, 0.5) is 4.39 Å². The number of likely N-dealkylation sites (tertiary alicyclic amines) is 1. The summed E-state index contributed by atoms with van der Waals surface area (Å²) in [6, 6.07) is 12.5. The third-order valence-corrected chi connectivity index (χ3v) is 5.28. The van der Waals surface area contributed by atoms with E-state index >= 15 is 0 Å². The first-order valence-corrected chi connectivity index (χ1v) is 9.78. The minimum absolute atomic E-state index is 0.109. The molecule has 3 heterocycles. The molecule has 1 aliphatic heterocycles. The summed E-state index contributed by atoms with van der Waals surface area (Å²) < 4.78 is 18.3. The predicted octanol–water partition coefficient (Wildman–Crippen LogP) is 2.97. The molecule has 1 N–H and O–H groups in total. The van der Waals surface area contributed by atoms with E-state index in [9.17, 15) is 14.0 Å². The summed E-state index contributed by atoms with van der Waals surface area (Å²) in [4.78, 5) is 31.4. The lowest BCUT2D eigenvalue weighted by Gasteiger charge is -2.31. The van der Waals surface area contributed by atoms with E-state index in [4.69, 9.17) is 4.52 Å². The number of benzene rings is 1. The van der Waals surface area contributed by atoms with Gasteiger partial charge in [0.15, 0.2) is 0 Å². The van der Waals surface area contributed by atoms with E-state index in [1.165, 1.54) is 24.4 Å². The highest BCUT2D eigenvalue weighted by Gasteiger charge is 2.30. The van der Waals surface area contributed by atoms with E-state index in [-0.39, 0.29) is 29.3 Å². The zero-order valence-electron chi connectivity index (χ0n) is 16.2. The number of piperidine rings is 1. The van der Waals surface area contributed by atoms with Crippen LogP contribution in [0.3, 0.4) is 0 Å². The standard InChI is InChI=1S/C22H21FN4O3/c23-17-6-4-15(5-7-17)20(18-3-1-2-11-24-18)26-21(28)16-9-13-27(14-10-16)22(29)19-8-12-25-30-19/h1-8,11-12,16,20H,9-10,13-14H2,(H,26,28). The van der Waals surface area contributed by atoms with E-state index in [0.717, 1.165) is 5.56 Å². The third kappa shape index (κ3) is 4.37. The van der Waals surface area contributed by atoms with Crippen molar-refractivity contribution in [2.24, 2.45) is 5.92 Å². The van der Waals surface area contributed by atoms with Gasteiger partial charge in [-0.25, -0.2) is 4.39 Å². The second kappa shape index (κ2) is 8.86. The molecule has 1 aliphatic rings. The molecule has 2 aromatic heterocycles. The molecule has 30 heavy (non-hydrogen) atoms. The van der Waals surface area contributed by atoms with Crippen molar-refractivity contribution >= 4 is 11.8 Å². The molecule has 154 valence electrons. The van der Waals surface area contributed by atoms with Gasteiger partial charge in [0.05, 0.1) is 17.9 Å². The number of hydrogen-bond acceptors (Lipinski definition) is 5. The fourth-order valence-electron chi connectivity index (χ4n) is 3.62. The third-order valence-electron chi connectivity index (χ3n) is 5.28. The molecule has 0 radical (unpaired) electrons. The van der Waals surface area contributed by atoms with Gasteiger partial charge in [-0.15, -0.1) is 0 Å². The highest BCUT2D eigenvalue weighted by molar-refractivity contribution is 5.91. The van der Waals surface area contributed by atoms with Crippen LogP contribution in [0.1, 0.15) is 40.7 Å². The molecular weight excluding hydrogens is 387 g/mol. The van der Waals surface area contributed by atoms with Gasteiger partial charge in [-0.3, -0.25) is 14.6 Å². The molecule has 8 heteroatoms. The molecule has 1 aromatic carbocycles. The van der Waals surface area contributed by atoms with E-state index in [1.54, 1.807) is 29.3 Å². The van der Waals surface area contributed by atoms with E-state index in [2.05, 4.69) is 15.5 Å². The molecule has 1 fully saturated rings. The fourth-order valence-corrected chi connectivity index (χ4v) is 3.62. The van der Waals surface area contributed by atoms with Gasteiger partial charge in [-0.05, 0) is 42.7 Å². The van der Waals surface area contributed by atoms with Crippen LogP contribution in [-0.2, 0) is 4.79 Å². The minimum Gasteiger partial charge on any atom is -0.351 e. The number of nitrogens with one attached hydrogen (secondary N) is 1. The number of carbonyl (C=O) groups is 2. The van der Waals surface area contributed by atoms with Crippen molar-refractivity contribution in [1.82, 2.24) is 20.4 Å². The van der Waals surface area contributed by atoms with Gasteiger partial charge in [-0.2, -0.15) is 0 Å². The van der Waals surface area contributed by atoms with Gasteiger partial charge in [-0.1, -0.05) is 23.4 Å². The summed E-state index contributed by atoms with van der Waals surface area (Å²) in [5.74, 6) is -0.695. The Bertz CT molecular complexity index is 985. The number of nitrogens with zero attached hydrogens (tertiary/aromatic N) is 3. The Hall–Kier alpha value is -3.55. The molecule has 0 spiro atoms. The van der Waals surface area contributed by atoms with Gasteiger partial charge in [0.25, 0.3) is 5.91 Å². The smallest absolute Gasteiger partial charge is 0.292 e. The first kappa shape index (κ1) is 19.8. The van der Waals surface area contributed by atoms with E-state index < -0.39 is 6.04 Å². The average molecular weight is 408 g/mol. The van der Waals surface area contributed by atoms with Crippen LogP contribution in [-0.4, -0.2) is 39.9 Å². The SMILES string of the molecule is O=C(NC(c1ccc(F)cc1)c1ccccn1)C1CCN(C(=O)c2ccno2)CC1. The van der Waals surface area contributed by atoms with Crippen LogP contribution in [0.25, 0.3) is 0 Å². The first-order valence-electron chi connectivity index (χ1n) is 9.78. The van der Waals surface area contributed by atoms with Crippen LogP contribution in [0, 0.1) is 11.7 Å². The van der Waals surface area contributed by atoms with Crippen molar-refractivity contribution in [1.29, 1.82) is 0 Å².